The Morgan fingerprint density at radius 1 is 1.47 bits per heavy atom. The summed E-state index contributed by atoms with van der Waals surface area (Å²) < 4.78 is 29.1. The van der Waals surface area contributed by atoms with Crippen molar-refractivity contribution in [3.63, 3.8) is 0 Å². The first-order chi connectivity index (χ1) is 7.86. The topological polar surface area (TPSA) is 138 Å². The average molecular weight is 263 g/mol. The van der Waals surface area contributed by atoms with Gasteiger partial charge in [0, 0.05) is 6.20 Å². The van der Waals surface area contributed by atoms with Crippen LogP contribution in [0.4, 0.5) is 0 Å². The molecule has 0 fully saturated rings. The third-order valence-corrected chi connectivity index (χ3v) is 3.12. The van der Waals surface area contributed by atoms with E-state index in [0.717, 1.165) is 13.3 Å². The van der Waals surface area contributed by atoms with E-state index in [1.807, 2.05) is 9.71 Å². The van der Waals surface area contributed by atoms with E-state index in [9.17, 15) is 22.8 Å². The first-order valence-corrected chi connectivity index (χ1v) is 5.73. The standard InChI is InChI=1S/C7H9N3O6S/c1-16-5(11)3-9-17(14,15)4-2-8-7(13)10-6(4)12/h2,9H,3H2,1H3,(H2,8,10,12,13). The predicted octanol–water partition coefficient (Wildman–Crippen LogP) is -2.49. The zero-order chi connectivity index (χ0) is 13.1. The van der Waals surface area contributed by atoms with Crippen molar-refractivity contribution in [2.45, 2.75) is 4.90 Å². The molecule has 10 heteroatoms. The van der Waals surface area contributed by atoms with Crippen molar-refractivity contribution in [2.24, 2.45) is 0 Å². The molecule has 0 spiro atoms. The summed E-state index contributed by atoms with van der Waals surface area (Å²) in [5.74, 6) is -0.811. The fourth-order valence-electron chi connectivity index (χ4n) is 0.901. The molecule has 0 unspecified atom stereocenters. The summed E-state index contributed by atoms with van der Waals surface area (Å²) in [4.78, 5) is 35.7. The van der Waals surface area contributed by atoms with Gasteiger partial charge in [-0.1, -0.05) is 0 Å². The van der Waals surface area contributed by atoms with Crippen molar-refractivity contribution in [1.29, 1.82) is 0 Å². The van der Waals surface area contributed by atoms with Gasteiger partial charge in [0.25, 0.3) is 5.56 Å². The summed E-state index contributed by atoms with van der Waals surface area (Å²) in [6.07, 6.45) is 0.737. The van der Waals surface area contributed by atoms with E-state index in [2.05, 4.69) is 4.74 Å². The summed E-state index contributed by atoms with van der Waals surface area (Å²) in [6.45, 7) is -0.614. The lowest BCUT2D eigenvalue weighted by Crippen LogP contribution is -2.35. The number of rotatable bonds is 4. The van der Waals surface area contributed by atoms with Gasteiger partial charge in [-0.25, -0.2) is 13.2 Å². The van der Waals surface area contributed by atoms with Gasteiger partial charge in [0.15, 0.2) is 4.90 Å². The maximum atomic E-state index is 11.5. The van der Waals surface area contributed by atoms with Gasteiger partial charge in [-0.15, -0.1) is 0 Å². The number of sulfonamides is 1. The minimum atomic E-state index is -4.18. The highest BCUT2D eigenvalue weighted by Gasteiger charge is 2.19. The van der Waals surface area contributed by atoms with Gasteiger partial charge in [-0.3, -0.25) is 14.6 Å². The van der Waals surface area contributed by atoms with E-state index in [0.29, 0.717) is 0 Å². The highest BCUT2D eigenvalue weighted by Crippen LogP contribution is 1.97. The zero-order valence-corrected chi connectivity index (χ0v) is 9.46. The lowest BCUT2D eigenvalue weighted by Gasteiger charge is -2.03. The fourth-order valence-corrected chi connectivity index (χ4v) is 1.87. The lowest BCUT2D eigenvalue weighted by atomic mass is 10.7. The van der Waals surface area contributed by atoms with Gasteiger partial charge in [0.2, 0.25) is 10.0 Å². The number of aromatic amines is 2. The number of hydrogen-bond donors (Lipinski definition) is 3. The quantitative estimate of drug-likeness (QED) is 0.514. The molecule has 17 heavy (non-hydrogen) atoms. The number of hydrogen-bond acceptors (Lipinski definition) is 6. The van der Waals surface area contributed by atoms with E-state index in [-0.39, 0.29) is 0 Å². The fraction of sp³-hybridized carbons (Fsp3) is 0.286. The van der Waals surface area contributed by atoms with Crippen molar-refractivity contribution < 1.29 is 17.9 Å². The van der Waals surface area contributed by atoms with Crippen LogP contribution in [-0.2, 0) is 19.6 Å². The van der Waals surface area contributed by atoms with Crippen LogP contribution in [0, 0.1) is 0 Å². The predicted molar refractivity (Wildman–Crippen MR) is 54.9 cm³/mol. The molecule has 0 amide bonds. The molecule has 0 saturated heterocycles. The van der Waals surface area contributed by atoms with Crippen LogP contribution in [0.2, 0.25) is 0 Å². The first kappa shape index (κ1) is 13.1. The number of esters is 1. The molecule has 0 aliphatic carbocycles. The van der Waals surface area contributed by atoms with Crippen LogP contribution < -0.4 is 16.0 Å². The molecule has 1 aromatic rings. The second kappa shape index (κ2) is 4.93. The molecule has 0 aliphatic heterocycles. The Balaban J connectivity index is 3.02. The minimum Gasteiger partial charge on any atom is -0.468 e. The SMILES string of the molecule is COC(=O)CNS(=O)(=O)c1c[nH]c(=O)[nH]c1=O. The molecule has 0 atom stereocenters. The molecule has 0 aromatic carbocycles. The number of nitrogens with one attached hydrogen (secondary N) is 3. The Bertz CT molecular complexity index is 627. The summed E-state index contributed by atoms with van der Waals surface area (Å²) in [6, 6.07) is 0. The van der Waals surface area contributed by atoms with E-state index in [4.69, 9.17) is 0 Å². The molecule has 94 valence electrons. The van der Waals surface area contributed by atoms with Crippen molar-refractivity contribution in [3.8, 4) is 0 Å². The van der Waals surface area contributed by atoms with E-state index >= 15 is 0 Å². The summed E-state index contributed by atoms with van der Waals surface area (Å²) in [5.41, 5.74) is -1.91. The van der Waals surface area contributed by atoms with Gasteiger partial charge in [0.1, 0.15) is 6.54 Å². The molecular formula is C7H9N3O6S. The van der Waals surface area contributed by atoms with Crippen LogP contribution >= 0.6 is 0 Å². The van der Waals surface area contributed by atoms with Crippen LogP contribution in [0.25, 0.3) is 0 Å². The Morgan fingerprint density at radius 3 is 2.65 bits per heavy atom. The highest BCUT2D eigenvalue weighted by molar-refractivity contribution is 7.89. The van der Waals surface area contributed by atoms with Crippen LogP contribution in [-0.4, -0.2) is 38.0 Å². The van der Waals surface area contributed by atoms with Gasteiger partial charge >= 0.3 is 11.7 Å². The van der Waals surface area contributed by atoms with Gasteiger partial charge in [-0.2, -0.15) is 4.72 Å². The van der Waals surface area contributed by atoms with E-state index in [1.165, 1.54) is 0 Å². The molecule has 9 nitrogen and oxygen atoms in total. The summed E-state index contributed by atoms with van der Waals surface area (Å²) in [5, 5.41) is 0. The maximum absolute atomic E-state index is 11.5. The van der Waals surface area contributed by atoms with Crippen molar-refractivity contribution in [2.75, 3.05) is 13.7 Å². The Labute approximate surface area is 94.9 Å². The average Bonchev–Trinajstić information content (AvgIpc) is 2.25. The van der Waals surface area contributed by atoms with Gasteiger partial charge in [-0.05, 0) is 0 Å². The van der Waals surface area contributed by atoms with Crippen LogP contribution in [0.1, 0.15) is 0 Å². The molecule has 0 bridgehead atoms. The molecule has 1 heterocycles. The smallest absolute Gasteiger partial charge is 0.325 e. The number of carbonyl (C=O) groups is 1. The molecule has 0 aliphatic rings. The minimum absolute atomic E-state index is 0.614. The van der Waals surface area contributed by atoms with Crippen molar-refractivity contribution >= 4 is 16.0 Å². The molecule has 0 radical (unpaired) electrons. The molecule has 1 rings (SSSR count). The number of H-pyrrole nitrogens is 2. The van der Waals surface area contributed by atoms with Crippen molar-refractivity contribution in [3.05, 3.63) is 27.0 Å². The maximum Gasteiger partial charge on any atom is 0.325 e. The van der Waals surface area contributed by atoms with E-state index in [1.54, 1.807) is 4.98 Å². The lowest BCUT2D eigenvalue weighted by molar-refractivity contribution is -0.139. The number of ether oxygens (including phenoxy) is 1. The zero-order valence-electron chi connectivity index (χ0n) is 8.64. The second-order valence-corrected chi connectivity index (χ2v) is 4.57. The van der Waals surface area contributed by atoms with Crippen LogP contribution in [0.3, 0.4) is 0 Å². The third kappa shape index (κ3) is 3.26. The second-order valence-electron chi connectivity index (χ2n) is 2.84. The summed E-state index contributed by atoms with van der Waals surface area (Å²) in [7, 11) is -3.09. The molecular weight excluding hydrogens is 254 g/mol. The third-order valence-electron chi connectivity index (χ3n) is 1.71. The Hall–Kier alpha value is -1.94. The molecule has 1 aromatic heterocycles. The van der Waals surface area contributed by atoms with E-state index < -0.39 is 38.7 Å². The monoisotopic (exact) mass is 263 g/mol. The van der Waals surface area contributed by atoms with Crippen LogP contribution in [0.5, 0.6) is 0 Å². The Kier molecular flexibility index (Phi) is 3.81. The van der Waals surface area contributed by atoms with Gasteiger partial charge < -0.3 is 9.72 Å². The first-order valence-electron chi connectivity index (χ1n) is 4.25. The highest BCUT2D eigenvalue weighted by atomic mass is 32.2. The number of methoxy groups -OCH3 is 1. The number of aromatic nitrogens is 2. The van der Waals surface area contributed by atoms with Gasteiger partial charge in [0.05, 0.1) is 7.11 Å². The van der Waals surface area contributed by atoms with Crippen molar-refractivity contribution in [1.82, 2.24) is 14.7 Å². The largest absolute Gasteiger partial charge is 0.468 e. The molecule has 3 N–H and O–H groups in total. The normalized spacial score (nSPS) is 11.1. The summed E-state index contributed by atoms with van der Waals surface area (Å²) >= 11 is 0. The number of carbonyl (C=O) groups excluding carboxylic acids is 1. The molecule has 0 saturated carbocycles. The van der Waals surface area contributed by atoms with Crippen LogP contribution in [0.15, 0.2) is 20.7 Å². The Morgan fingerprint density at radius 2 is 2.12 bits per heavy atom.